The van der Waals surface area contributed by atoms with Crippen molar-refractivity contribution in [2.24, 2.45) is 0 Å². The maximum Gasteiger partial charge on any atom is 0.316 e. The van der Waals surface area contributed by atoms with E-state index < -0.39 is 29.5 Å². The van der Waals surface area contributed by atoms with E-state index >= 15 is 0 Å². The molecule has 3 heterocycles. The number of ether oxygens (including phenoxy) is 2. The van der Waals surface area contributed by atoms with Crippen LogP contribution in [0.3, 0.4) is 0 Å². The van der Waals surface area contributed by atoms with Crippen molar-refractivity contribution in [3.63, 3.8) is 0 Å². The van der Waals surface area contributed by atoms with Crippen LogP contribution in [0.2, 0.25) is 0 Å². The van der Waals surface area contributed by atoms with Gasteiger partial charge in [0.25, 0.3) is 0 Å². The SMILES string of the molecule is COc1ncccc1CCN1CCN(c2cnn(-c3cc(F)cc(F)c3)c(=O)c2OC2CCC(F)C2)CC1. The lowest BCUT2D eigenvalue weighted by Crippen LogP contribution is -2.47. The van der Waals surface area contributed by atoms with Crippen LogP contribution in [0.1, 0.15) is 24.8 Å². The van der Waals surface area contributed by atoms with E-state index in [1.807, 2.05) is 17.0 Å². The van der Waals surface area contributed by atoms with Gasteiger partial charge in [-0.25, -0.2) is 18.2 Å². The van der Waals surface area contributed by atoms with E-state index in [2.05, 4.69) is 15.0 Å². The van der Waals surface area contributed by atoms with Gasteiger partial charge in [-0.1, -0.05) is 6.07 Å². The molecule has 0 amide bonds. The van der Waals surface area contributed by atoms with Gasteiger partial charge in [-0.2, -0.15) is 9.78 Å². The van der Waals surface area contributed by atoms with Crippen molar-refractivity contribution in [3.05, 3.63) is 70.3 Å². The van der Waals surface area contributed by atoms with Gasteiger partial charge in [-0.3, -0.25) is 9.69 Å². The smallest absolute Gasteiger partial charge is 0.316 e. The van der Waals surface area contributed by atoms with Crippen molar-refractivity contribution in [1.82, 2.24) is 19.7 Å². The Morgan fingerprint density at radius 1 is 1.08 bits per heavy atom. The van der Waals surface area contributed by atoms with Crippen molar-refractivity contribution >= 4 is 5.69 Å². The first kappa shape index (κ1) is 26.0. The van der Waals surface area contributed by atoms with E-state index in [0.717, 1.165) is 54.5 Å². The molecule has 0 spiro atoms. The Bertz CT molecular complexity index is 1310. The minimum atomic E-state index is -0.980. The summed E-state index contributed by atoms with van der Waals surface area (Å²) in [5, 5.41) is 4.21. The van der Waals surface area contributed by atoms with Crippen molar-refractivity contribution in [2.45, 2.75) is 38.0 Å². The first-order valence-corrected chi connectivity index (χ1v) is 12.8. The third-order valence-electron chi connectivity index (χ3n) is 7.07. The predicted octanol–water partition coefficient (Wildman–Crippen LogP) is 3.55. The highest BCUT2D eigenvalue weighted by Crippen LogP contribution is 2.31. The van der Waals surface area contributed by atoms with Gasteiger partial charge in [0.1, 0.15) is 29.6 Å². The molecular formula is C27H30F3N5O3. The molecular weight excluding hydrogens is 499 g/mol. The van der Waals surface area contributed by atoms with Crippen molar-refractivity contribution in [3.8, 4) is 17.3 Å². The molecule has 2 unspecified atom stereocenters. The number of anilines is 1. The number of alkyl halides is 1. The highest BCUT2D eigenvalue weighted by atomic mass is 19.1. The zero-order valence-corrected chi connectivity index (χ0v) is 21.2. The summed E-state index contributed by atoms with van der Waals surface area (Å²) in [7, 11) is 1.61. The summed E-state index contributed by atoms with van der Waals surface area (Å²) in [6.07, 6.45) is 3.60. The summed E-state index contributed by atoms with van der Waals surface area (Å²) in [5.74, 6) is -0.995. The first-order valence-electron chi connectivity index (χ1n) is 12.8. The molecule has 2 aromatic heterocycles. The summed E-state index contributed by atoms with van der Waals surface area (Å²) >= 11 is 0. The summed E-state index contributed by atoms with van der Waals surface area (Å²) < 4.78 is 53.9. The Morgan fingerprint density at radius 2 is 1.84 bits per heavy atom. The van der Waals surface area contributed by atoms with Gasteiger partial charge in [-0.05, 0) is 37.5 Å². The lowest BCUT2D eigenvalue weighted by Gasteiger charge is -2.36. The summed E-state index contributed by atoms with van der Waals surface area (Å²) in [4.78, 5) is 22.1. The average Bonchev–Trinajstić information content (AvgIpc) is 3.33. The van der Waals surface area contributed by atoms with Gasteiger partial charge in [0, 0.05) is 57.0 Å². The van der Waals surface area contributed by atoms with Crippen molar-refractivity contribution in [1.29, 1.82) is 0 Å². The Morgan fingerprint density at radius 3 is 2.53 bits per heavy atom. The minimum Gasteiger partial charge on any atom is -0.483 e. The van der Waals surface area contributed by atoms with Crippen LogP contribution in [0, 0.1) is 11.6 Å². The van der Waals surface area contributed by atoms with Gasteiger partial charge in [0.15, 0.2) is 0 Å². The van der Waals surface area contributed by atoms with Crippen molar-refractivity contribution in [2.75, 3.05) is 44.7 Å². The van der Waals surface area contributed by atoms with Crippen LogP contribution in [0.4, 0.5) is 18.9 Å². The maximum absolute atomic E-state index is 13.9. The Hall–Kier alpha value is -3.60. The average molecular weight is 530 g/mol. The Balaban J connectivity index is 1.35. The highest BCUT2D eigenvalue weighted by molar-refractivity contribution is 5.57. The number of nitrogens with zero attached hydrogens (tertiary/aromatic N) is 5. The van der Waals surface area contributed by atoms with Crippen LogP contribution >= 0.6 is 0 Å². The van der Waals surface area contributed by atoms with Crippen LogP contribution in [0.5, 0.6) is 11.6 Å². The molecule has 11 heteroatoms. The molecule has 1 aliphatic carbocycles. The number of piperazine rings is 1. The fourth-order valence-corrected chi connectivity index (χ4v) is 5.06. The second-order valence-corrected chi connectivity index (χ2v) is 9.60. The van der Waals surface area contributed by atoms with Crippen LogP contribution in [-0.2, 0) is 6.42 Å². The maximum atomic E-state index is 13.9. The molecule has 3 aromatic rings. The largest absolute Gasteiger partial charge is 0.483 e. The molecule has 1 saturated carbocycles. The van der Waals surface area contributed by atoms with E-state index in [0.29, 0.717) is 37.5 Å². The molecule has 1 aromatic carbocycles. The van der Waals surface area contributed by atoms with Gasteiger partial charge < -0.3 is 14.4 Å². The number of aromatic nitrogens is 3. The summed E-state index contributed by atoms with van der Waals surface area (Å²) in [5.41, 5.74) is 0.853. The summed E-state index contributed by atoms with van der Waals surface area (Å²) in [6, 6.07) is 6.68. The second kappa shape index (κ2) is 11.4. The number of pyridine rings is 1. The third kappa shape index (κ3) is 5.77. The Labute approximate surface area is 218 Å². The quantitative estimate of drug-likeness (QED) is 0.442. The fraction of sp³-hybridized carbons (Fsp3) is 0.444. The van der Waals surface area contributed by atoms with E-state index in [-0.39, 0.29) is 17.9 Å². The molecule has 2 aliphatic rings. The first-order chi connectivity index (χ1) is 18.4. The van der Waals surface area contributed by atoms with E-state index in [9.17, 15) is 18.0 Å². The van der Waals surface area contributed by atoms with Crippen LogP contribution in [0.15, 0.2) is 47.5 Å². The van der Waals surface area contributed by atoms with Crippen molar-refractivity contribution < 1.29 is 22.6 Å². The zero-order chi connectivity index (χ0) is 26.6. The topological polar surface area (TPSA) is 72.7 Å². The molecule has 1 aliphatic heterocycles. The molecule has 5 rings (SSSR count). The summed E-state index contributed by atoms with van der Waals surface area (Å²) in [6.45, 7) is 3.56. The van der Waals surface area contributed by atoms with E-state index in [4.69, 9.17) is 9.47 Å². The normalized spacial score (nSPS) is 20.1. The highest BCUT2D eigenvalue weighted by Gasteiger charge is 2.30. The van der Waals surface area contributed by atoms with E-state index in [1.54, 1.807) is 13.3 Å². The van der Waals surface area contributed by atoms with Crippen LogP contribution in [0.25, 0.3) is 5.69 Å². The molecule has 0 bridgehead atoms. The zero-order valence-electron chi connectivity index (χ0n) is 21.2. The van der Waals surface area contributed by atoms with Gasteiger partial charge >= 0.3 is 5.56 Å². The second-order valence-electron chi connectivity index (χ2n) is 9.60. The molecule has 8 nitrogen and oxygen atoms in total. The Kier molecular flexibility index (Phi) is 7.82. The minimum absolute atomic E-state index is 0.0253. The number of methoxy groups -OCH3 is 1. The lowest BCUT2D eigenvalue weighted by molar-refractivity contribution is 0.192. The molecule has 38 heavy (non-hydrogen) atoms. The predicted molar refractivity (Wildman–Crippen MR) is 136 cm³/mol. The van der Waals surface area contributed by atoms with Gasteiger partial charge in [-0.15, -0.1) is 0 Å². The number of halogens is 3. The number of hydrogen-bond donors (Lipinski definition) is 0. The number of hydrogen-bond acceptors (Lipinski definition) is 7. The lowest BCUT2D eigenvalue weighted by atomic mass is 10.1. The van der Waals surface area contributed by atoms with E-state index in [1.165, 1.54) is 6.20 Å². The standard InChI is InChI=1S/C27H30F3N5O3/c1-37-26-18(3-2-7-31-26)6-8-33-9-11-34(12-10-33)24-17-32-35(22-14-20(29)13-21(30)15-22)27(36)25(24)38-23-5-4-19(28)16-23/h2-3,7,13-15,17,19,23H,4-6,8-12,16H2,1H3. The number of rotatable bonds is 8. The van der Waals surface area contributed by atoms with Gasteiger partial charge in [0.05, 0.1) is 19.0 Å². The molecule has 202 valence electrons. The number of benzene rings is 1. The third-order valence-corrected chi connectivity index (χ3v) is 7.07. The van der Waals surface area contributed by atoms with Crippen LogP contribution in [-0.4, -0.2) is 71.8 Å². The molecule has 0 N–H and O–H groups in total. The van der Waals surface area contributed by atoms with Gasteiger partial charge in [0.2, 0.25) is 11.6 Å². The van der Waals surface area contributed by atoms with Crippen LogP contribution < -0.4 is 19.9 Å². The molecule has 2 fully saturated rings. The molecule has 2 atom stereocenters. The monoisotopic (exact) mass is 529 g/mol. The molecule has 0 radical (unpaired) electrons. The molecule has 1 saturated heterocycles. The fourth-order valence-electron chi connectivity index (χ4n) is 5.06.